The Morgan fingerprint density at radius 1 is 1.33 bits per heavy atom. The molecule has 0 atom stereocenters. The largest absolute Gasteiger partial charge is 0.319 e. The van der Waals surface area contributed by atoms with Gasteiger partial charge in [0.05, 0.1) is 10.0 Å². The van der Waals surface area contributed by atoms with E-state index in [1.165, 1.54) is 0 Å². The van der Waals surface area contributed by atoms with Gasteiger partial charge in [-0.05, 0) is 17.7 Å². The number of benzene rings is 1. The molecular formula is C8H6Cl2N2. The zero-order valence-corrected chi connectivity index (χ0v) is 7.65. The van der Waals surface area contributed by atoms with Crippen LogP contribution in [0.3, 0.4) is 0 Å². The van der Waals surface area contributed by atoms with Crippen LogP contribution >= 0.6 is 23.2 Å². The Labute approximate surface area is 80.7 Å². The minimum absolute atomic E-state index is 0.480. The fraction of sp³-hybridized carbons (Fsp3) is 0.125. The SMILES string of the molecule is N#CNCc1ccc(Cl)c(Cl)c1. The molecule has 0 fully saturated rings. The lowest BCUT2D eigenvalue weighted by atomic mass is 10.2. The highest BCUT2D eigenvalue weighted by molar-refractivity contribution is 6.41. The second kappa shape index (κ2) is 4.20. The Bertz CT molecular complexity index is 317. The molecule has 0 radical (unpaired) electrons. The Morgan fingerprint density at radius 2 is 2.08 bits per heavy atom. The minimum Gasteiger partial charge on any atom is -0.319 e. The second-order valence-corrected chi connectivity index (χ2v) is 3.03. The minimum atomic E-state index is 0.480. The monoisotopic (exact) mass is 200 g/mol. The van der Waals surface area contributed by atoms with Crippen molar-refractivity contribution >= 4 is 23.2 Å². The van der Waals surface area contributed by atoms with Gasteiger partial charge in [-0.1, -0.05) is 29.3 Å². The highest BCUT2D eigenvalue weighted by atomic mass is 35.5. The smallest absolute Gasteiger partial charge is 0.176 e. The van der Waals surface area contributed by atoms with Gasteiger partial charge in [-0.25, -0.2) is 0 Å². The molecule has 0 spiro atoms. The molecule has 0 saturated heterocycles. The molecule has 1 rings (SSSR count). The standard InChI is InChI=1S/C8H6Cl2N2/c9-7-2-1-6(3-8(7)10)4-12-5-11/h1-3,12H,4H2. The van der Waals surface area contributed by atoms with Gasteiger partial charge < -0.3 is 5.32 Å². The van der Waals surface area contributed by atoms with E-state index in [1.54, 1.807) is 12.1 Å². The molecule has 0 aromatic heterocycles. The summed E-state index contributed by atoms with van der Waals surface area (Å²) in [7, 11) is 0. The molecule has 0 bridgehead atoms. The molecule has 1 aromatic rings. The average Bonchev–Trinajstić information content (AvgIpc) is 2.07. The topological polar surface area (TPSA) is 35.8 Å². The van der Waals surface area contributed by atoms with Gasteiger partial charge in [0, 0.05) is 6.54 Å². The van der Waals surface area contributed by atoms with Crippen LogP contribution in [0.25, 0.3) is 0 Å². The van der Waals surface area contributed by atoms with E-state index in [-0.39, 0.29) is 0 Å². The zero-order valence-electron chi connectivity index (χ0n) is 6.14. The summed E-state index contributed by atoms with van der Waals surface area (Å²) in [5.74, 6) is 0. The lowest BCUT2D eigenvalue weighted by Crippen LogP contribution is -2.03. The van der Waals surface area contributed by atoms with E-state index in [9.17, 15) is 0 Å². The highest BCUT2D eigenvalue weighted by Gasteiger charge is 1.97. The first kappa shape index (κ1) is 9.18. The summed E-state index contributed by atoms with van der Waals surface area (Å²) in [6, 6.07) is 5.26. The van der Waals surface area contributed by atoms with Crippen molar-refractivity contribution < 1.29 is 0 Å². The zero-order chi connectivity index (χ0) is 8.97. The van der Waals surface area contributed by atoms with Crippen molar-refractivity contribution in [2.45, 2.75) is 6.54 Å². The maximum absolute atomic E-state index is 8.23. The first-order chi connectivity index (χ1) is 5.74. The van der Waals surface area contributed by atoms with Gasteiger partial charge in [-0.15, -0.1) is 0 Å². The maximum atomic E-state index is 8.23. The molecule has 4 heteroatoms. The number of nitriles is 1. The third-order valence-corrected chi connectivity index (χ3v) is 2.09. The summed E-state index contributed by atoms with van der Waals surface area (Å²) in [5.41, 5.74) is 0.936. The van der Waals surface area contributed by atoms with Gasteiger partial charge in [0.1, 0.15) is 0 Å². The third-order valence-electron chi connectivity index (χ3n) is 1.36. The summed E-state index contributed by atoms with van der Waals surface area (Å²) >= 11 is 11.4. The van der Waals surface area contributed by atoms with Crippen LogP contribution < -0.4 is 5.32 Å². The van der Waals surface area contributed by atoms with E-state index in [0.29, 0.717) is 16.6 Å². The van der Waals surface area contributed by atoms with Crippen LogP contribution in [0.1, 0.15) is 5.56 Å². The summed E-state index contributed by atoms with van der Waals surface area (Å²) in [4.78, 5) is 0. The van der Waals surface area contributed by atoms with Crippen LogP contribution in [0.5, 0.6) is 0 Å². The van der Waals surface area contributed by atoms with Crippen LogP contribution in [0.2, 0.25) is 10.0 Å². The Balaban J connectivity index is 2.77. The third kappa shape index (κ3) is 2.30. The van der Waals surface area contributed by atoms with Crippen molar-refractivity contribution in [2.75, 3.05) is 0 Å². The van der Waals surface area contributed by atoms with Crippen molar-refractivity contribution in [1.29, 1.82) is 5.26 Å². The molecule has 0 unspecified atom stereocenters. The van der Waals surface area contributed by atoms with Crippen molar-refractivity contribution in [3.05, 3.63) is 33.8 Å². The molecule has 0 aliphatic heterocycles. The number of rotatable bonds is 2. The maximum Gasteiger partial charge on any atom is 0.176 e. The van der Waals surface area contributed by atoms with Crippen LogP contribution in [-0.4, -0.2) is 0 Å². The Kier molecular flexibility index (Phi) is 3.21. The summed E-state index contributed by atoms with van der Waals surface area (Å²) in [5, 5.41) is 11.8. The van der Waals surface area contributed by atoms with E-state index >= 15 is 0 Å². The van der Waals surface area contributed by atoms with E-state index in [0.717, 1.165) is 5.56 Å². The van der Waals surface area contributed by atoms with E-state index in [2.05, 4.69) is 5.32 Å². The highest BCUT2D eigenvalue weighted by Crippen LogP contribution is 2.22. The molecular weight excluding hydrogens is 195 g/mol. The van der Waals surface area contributed by atoms with Gasteiger partial charge in [0.2, 0.25) is 0 Å². The van der Waals surface area contributed by atoms with Crippen LogP contribution in [0, 0.1) is 11.5 Å². The predicted octanol–water partition coefficient (Wildman–Crippen LogP) is 2.56. The summed E-state index contributed by atoms with van der Waals surface area (Å²) < 4.78 is 0. The number of hydrogen-bond acceptors (Lipinski definition) is 2. The van der Waals surface area contributed by atoms with Crippen molar-refractivity contribution in [1.82, 2.24) is 5.32 Å². The lowest BCUT2D eigenvalue weighted by Gasteiger charge is -2.00. The van der Waals surface area contributed by atoms with Gasteiger partial charge in [-0.2, -0.15) is 5.26 Å². The summed E-state index contributed by atoms with van der Waals surface area (Å²) in [6.07, 6.45) is 1.82. The predicted molar refractivity (Wildman–Crippen MR) is 48.9 cm³/mol. The number of hydrogen-bond donors (Lipinski definition) is 1. The summed E-state index contributed by atoms with van der Waals surface area (Å²) in [6.45, 7) is 0.480. The first-order valence-electron chi connectivity index (χ1n) is 3.30. The van der Waals surface area contributed by atoms with Crippen LogP contribution in [0.15, 0.2) is 18.2 Å². The quantitative estimate of drug-likeness (QED) is 0.589. The van der Waals surface area contributed by atoms with E-state index in [4.69, 9.17) is 28.5 Å². The molecule has 12 heavy (non-hydrogen) atoms. The van der Waals surface area contributed by atoms with Crippen LogP contribution in [0.4, 0.5) is 0 Å². The van der Waals surface area contributed by atoms with Gasteiger partial charge in [0.15, 0.2) is 6.19 Å². The Hall–Kier alpha value is -0.910. The number of nitrogens with one attached hydrogen (secondary N) is 1. The second-order valence-electron chi connectivity index (χ2n) is 2.21. The molecule has 0 heterocycles. The van der Waals surface area contributed by atoms with E-state index < -0.39 is 0 Å². The molecule has 0 aliphatic carbocycles. The average molecular weight is 201 g/mol. The van der Waals surface area contributed by atoms with Gasteiger partial charge in [-0.3, -0.25) is 0 Å². The molecule has 0 aliphatic rings. The number of halogens is 2. The normalized spacial score (nSPS) is 9.08. The molecule has 1 N–H and O–H groups in total. The molecule has 2 nitrogen and oxygen atoms in total. The molecule has 1 aromatic carbocycles. The molecule has 0 saturated carbocycles. The molecule has 62 valence electrons. The van der Waals surface area contributed by atoms with Crippen LogP contribution in [-0.2, 0) is 6.54 Å². The fourth-order valence-electron chi connectivity index (χ4n) is 0.791. The van der Waals surface area contributed by atoms with E-state index in [1.807, 2.05) is 12.3 Å². The van der Waals surface area contributed by atoms with Gasteiger partial charge in [0.25, 0.3) is 0 Å². The number of nitrogens with zero attached hydrogens (tertiary/aromatic N) is 1. The van der Waals surface area contributed by atoms with Crippen molar-refractivity contribution in [3.8, 4) is 6.19 Å². The fourth-order valence-corrected chi connectivity index (χ4v) is 1.11. The van der Waals surface area contributed by atoms with Crippen molar-refractivity contribution in [3.63, 3.8) is 0 Å². The Morgan fingerprint density at radius 3 is 2.67 bits per heavy atom. The van der Waals surface area contributed by atoms with Gasteiger partial charge >= 0.3 is 0 Å². The van der Waals surface area contributed by atoms with Crippen molar-refractivity contribution in [2.24, 2.45) is 0 Å². The lowest BCUT2D eigenvalue weighted by molar-refractivity contribution is 0.884. The first-order valence-corrected chi connectivity index (χ1v) is 4.05. The molecule has 0 amide bonds.